The van der Waals surface area contributed by atoms with Crippen molar-refractivity contribution in [3.05, 3.63) is 48.5 Å². The van der Waals surface area contributed by atoms with Crippen LogP contribution in [0.5, 0.6) is 11.5 Å². The average Bonchev–Trinajstić information content (AvgIpc) is 2.63. The van der Waals surface area contributed by atoms with E-state index in [1.165, 1.54) is 0 Å². The van der Waals surface area contributed by atoms with Gasteiger partial charge in [-0.2, -0.15) is 0 Å². The fourth-order valence-corrected chi connectivity index (χ4v) is 3.33. The number of carbonyl (C=O) groups excluding carboxylic acids is 1. The Balaban J connectivity index is 1.63. The molecule has 1 atom stereocenters. The highest BCUT2D eigenvalue weighted by atomic mass is 16.5. The second-order valence-corrected chi connectivity index (χ2v) is 7.49. The summed E-state index contributed by atoms with van der Waals surface area (Å²) in [5.41, 5.74) is 2.45. The number of ether oxygens (including phenoxy) is 2. The molecule has 3 nitrogen and oxygen atoms in total. The van der Waals surface area contributed by atoms with Crippen LogP contribution in [0.15, 0.2) is 48.5 Å². The largest absolute Gasteiger partial charge is 0.497 e. The molecule has 0 bridgehead atoms. The second-order valence-electron chi connectivity index (χ2n) is 7.49. The van der Waals surface area contributed by atoms with Gasteiger partial charge in [0.15, 0.2) is 0 Å². The van der Waals surface area contributed by atoms with E-state index in [9.17, 15) is 4.79 Å². The number of hydrogen-bond acceptors (Lipinski definition) is 3. The summed E-state index contributed by atoms with van der Waals surface area (Å²) in [5.74, 6) is 2.36. The first kappa shape index (κ1) is 17.5. The zero-order valence-electron chi connectivity index (χ0n) is 15.2. The number of ketones is 1. The summed E-state index contributed by atoms with van der Waals surface area (Å²) in [6.07, 6.45) is 2.30. The van der Waals surface area contributed by atoms with Crippen molar-refractivity contribution in [2.24, 2.45) is 11.3 Å². The van der Waals surface area contributed by atoms with E-state index in [-0.39, 0.29) is 11.3 Å². The summed E-state index contributed by atoms with van der Waals surface area (Å²) in [7, 11) is 1.67. The molecule has 0 N–H and O–H groups in total. The smallest absolute Gasteiger partial charge is 0.133 e. The minimum Gasteiger partial charge on any atom is -0.497 e. The third kappa shape index (κ3) is 4.22. The van der Waals surface area contributed by atoms with E-state index < -0.39 is 0 Å². The molecule has 1 saturated carbocycles. The van der Waals surface area contributed by atoms with Gasteiger partial charge in [-0.05, 0) is 47.2 Å². The molecule has 3 rings (SSSR count). The van der Waals surface area contributed by atoms with Gasteiger partial charge in [-0.25, -0.2) is 0 Å². The van der Waals surface area contributed by atoms with Gasteiger partial charge in [-0.3, -0.25) is 4.79 Å². The molecule has 1 aliphatic carbocycles. The van der Waals surface area contributed by atoms with Gasteiger partial charge >= 0.3 is 0 Å². The van der Waals surface area contributed by atoms with Crippen molar-refractivity contribution in [1.29, 1.82) is 0 Å². The average molecular weight is 338 g/mol. The standard InChI is InChI=1S/C22H26O3/c1-22(2)13-12-19(23)14-18(22)15-25-21-10-6-17(7-11-21)16-4-8-20(24-3)9-5-16/h4-11,18H,12-15H2,1-3H3. The topological polar surface area (TPSA) is 35.5 Å². The second kappa shape index (κ2) is 7.30. The van der Waals surface area contributed by atoms with Gasteiger partial charge in [0.2, 0.25) is 0 Å². The predicted molar refractivity (Wildman–Crippen MR) is 100 cm³/mol. The molecule has 0 amide bonds. The molecular weight excluding hydrogens is 312 g/mol. The Hall–Kier alpha value is -2.29. The molecule has 0 heterocycles. The fraction of sp³-hybridized carbons (Fsp3) is 0.409. The summed E-state index contributed by atoms with van der Waals surface area (Å²) >= 11 is 0. The van der Waals surface area contributed by atoms with Crippen LogP contribution in [0.4, 0.5) is 0 Å². The molecule has 25 heavy (non-hydrogen) atoms. The molecule has 0 saturated heterocycles. The van der Waals surface area contributed by atoms with E-state index in [4.69, 9.17) is 9.47 Å². The predicted octanol–water partition coefficient (Wildman–Crippen LogP) is 5.14. The van der Waals surface area contributed by atoms with E-state index in [0.29, 0.717) is 25.2 Å². The lowest BCUT2D eigenvalue weighted by Gasteiger charge is -2.37. The summed E-state index contributed by atoms with van der Waals surface area (Å²) in [5, 5.41) is 0. The Morgan fingerprint density at radius 3 is 2.08 bits per heavy atom. The number of carbonyl (C=O) groups is 1. The van der Waals surface area contributed by atoms with Gasteiger partial charge in [0.1, 0.15) is 17.3 Å². The van der Waals surface area contributed by atoms with Crippen LogP contribution in [-0.4, -0.2) is 19.5 Å². The van der Waals surface area contributed by atoms with Crippen LogP contribution in [0, 0.1) is 11.3 Å². The monoisotopic (exact) mass is 338 g/mol. The lowest BCUT2D eigenvalue weighted by molar-refractivity contribution is -0.125. The van der Waals surface area contributed by atoms with Crippen LogP contribution < -0.4 is 9.47 Å². The number of Topliss-reactive ketones (excluding diaryl/α,β-unsaturated/α-hetero) is 1. The zero-order chi connectivity index (χ0) is 17.9. The maximum atomic E-state index is 11.8. The first-order valence-corrected chi connectivity index (χ1v) is 8.87. The van der Waals surface area contributed by atoms with Crippen LogP contribution in [0.1, 0.15) is 33.1 Å². The molecule has 2 aromatic carbocycles. The van der Waals surface area contributed by atoms with Gasteiger partial charge in [0.05, 0.1) is 13.7 Å². The van der Waals surface area contributed by atoms with Crippen molar-refractivity contribution in [2.45, 2.75) is 33.1 Å². The molecular formula is C22H26O3. The molecule has 0 radical (unpaired) electrons. The Labute approximate surface area is 150 Å². The Kier molecular flexibility index (Phi) is 5.12. The minimum atomic E-state index is 0.164. The van der Waals surface area contributed by atoms with Gasteiger partial charge in [-0.1, -0.05) is 38.1 Å². The van der Waals surface area contributed by atoms with Crippen LogP contribution in [-0.2, 0) is 4.79 Å². The SMILES string of the molecule is COc1ccc(-c2ccc(OCC3CC(=O)CCC3(C)C)cc2)cc1. The maximum absolute atomic E-state index is 11.8. The van der Waals surface area contributed by atoms with Crippen molar-refractivity contribution in [2.75, 3.05) is 13.7 Å². The van der Waals surface area contributed by atoms with Crippen molar-refractivity contribution in [1.82, 2.24) is 0 Å². The summed E-state index contributed by atoms with van der Waals surface area (Å²) in [4.78, 5) is 11.8. The van der Waals surface area contributed by atoms with E-state index in [1.54, 1.807) is 7.11 Å². The first-order valence-electron chi connectivity index (χ1n) is 8.87. The maximum Gasteiger partial charge on any atom is 0.133 e. The van der Waals surface area contributed by atoms with Crippen molar-refractivity contribution in [3.63, 3.8) is 0 Å². The normalized spacial score (nSPS) is 19.5. The summed E-state index contributed by atoms with van der Waals surface area (Å²) < 4.78 is 11.2. The summed E-state index contributed by atoms with van der Waals surface area (Å²) in [6, 6.07) is 16.1. The van der Waals surface area contributed by atoms with Crippen LogP contribution >= 0.6 is 0 Å². The lowest BCUT2D eigenvalue weighted by atomic mass is 9.69. The lowest BCUT2D eigenvalue weighted by Crippen LogP contribution is -2.35. The fourth-order valence-electron chi connectivity index (χ4n) is 3.33. The molecule has 1 fully saturated rings. The van der Waals surface area contributed by atoms with Crippen LogP contribution in [0.2, 0.25) is 0 Å². The minimum absolute atomic E-state index is 0.164. The zero-order valence-corrected chi connectivity index (χ0v) is 15.2. The number of rotatable bonds is 5. The van der Waals surface area contributed by atoms with Crippen LogP contribution in [0.3, 0.4) is 0 Å². The quantitative estimate of drug-likeness (QED) is 0.757. The van der Waals surface area contributed by atoms with Crippen molar-refractivity contribution in [3.8, 4) is 22.6 Å². The van der Waals surface area contributed by atoms with E-state index >= 15 is 0 Å². The molecule has 2 aromatic rings. The van der Waals surface area contributed by atoms with Crippen molar-refractivity contribution < 1.29 is 14.3 Å². The first-order chi connectivity index (χ1) is 12.0. The van der Waals surface area contributed by atoms with Gasteiger partial charge in [0.25, 0.3) is 0 Å². The number of hydrogen-bond donors (Lipinski definition) is 0. The van der Waals surface area contributed by atoms with Gasteiger partial charge in [0, 0.05) is 18.8 Å². The molecule has 0 aromatic heterocycles. The summed E-state index contributed by atoms with van der Waals surface area (Å²) in [6.45, 7) is 5.07. The molecule has 3 heteroatoms. The highest BCUT2D eigenvalue weighted by molar-refractivity contribution is 5.79. The highest BCUT2D eigenvalue weighted by Crippen LogP contribution is 2.39. The third-order valence-corrected chi connectivity index (χ3v) is 5.36. The van der Waals surface area contributed by atoms with Crippen molar-refractivity contribution >= 4 is 5.78 Å². The highest BCUT2D eigenvalue weighted by Gasteiger charge is 2.36. The van der Waals surface area contributed by atoms with E-state index in [2.05, 4.69) is 26.0 Å². The van der Waals surface area contributed by atoms with Gasteiger partial charge in [-0.15, -0.1) is 0 Å². The number of methoxy groups -OCH3 is 1. The molecule has 0 spiro atoms. The van der Waals surface area contributed by atoms with Gasteiger partial charge < -0.3 is 9.47 Å². The van der Waals surface area contributed by atoms with Crippen LogP contribution in [0.25, 0.3) is 11.1 Å². The molecule has 1 unspecified atom stereocenters. The van der Waals surface area contributed by atoms with E-state index in [1.807, 2.05) is 36.4 Å². The molecule has 0 aliphatic heterocycles. The third-order valence-electron chi connectivity index (χ3n) is 5.36. The number of benzene rings is 2. The Morgan fingerprint density at radius 1 is 0.960 bits per heavy atom. The van der Waals surface area contributed by atoms with E-state index in [0.717, 1.165) is 29.0 Å². The Bertz CT molecular complexity index is 714. The molecule has 1 aliphatic rings. The Morgan fingerprint density at radius 2 is 1.52 bits per heavy atom. The molecule has 132 valence electrons.